The third-order valence-electron chi connectivity index (χ3n) is 2.71. The van der Waals surface area contributed by atoms with E-state index in [1.807, 2.05) is 16.4 Å². The predicted octanol–water partition coefficient (Wildman–Crippen LogP) is 2.76. The standard InChI is InChI=1S/C13H23N3OS/c1-4-9-16(10-5-2)18(17,15-3)13-8-6-7-12(14)11-13/h6-8,11H,4-5,9-10,14H2,1-3H3. The Balaban J connectivity index is 3.23. The van der Waals surface area contributed by atoms with Crippen LogP contribution < -0.4 is 5.73 Å². The average molecular weight is 269 g/mol. The predicted molar refractivity (Wildman–Crippen MR) is 77.8 cm³/mol. The summed E-state index contributed by atoms with van der Waals surface area (Å²) in [6, 6.07) is 7.21. The molecule has 5 heteroatoms. The van der Waals surface area contributed by atoms with E-state index in [9.17, 15) is 4.21 Å². The van der Waals surface area contributed by atoms with Crippen LogP contribution in [0.1, 0.15) is 26.7 Å². The van der Waals surface area contributed by atoms with Gasteiger partial charge in [-0.15, -0.1) is 0 Å². The van der Waals surface area contributed by atoms with Gasteiger partial charge in [-0.25, -0.2) is 12.9 Å². The average Bonchev–Trinajstić information content (AvgIpc) is 2.37. The third-order valence-corrected chi connectivity index (χ3v) is 5.14. The molecular weight excluding hydrogens is 246 g/mol. The maximum atomic E-state index is 13.1. The van der Waals surface area contributed by atoms with Crippen molar-refractivity contribution in [1.82, 2.24) is 4.31 Å². The molecular formula is C13H23N3OS. The zero-order chi connectivity index (χ0) is 13.6. The van der Waals surface area contributed by atoms with Crippen LogP contribution in [0.15, 0.2) is 33.5 Å². The van der Waals surface area contributed by atoms with E-state index < -0.39 is 9.92 Å². The molecule has 0 aromatic heterocycles. The van der Waals surface area contributed by atoms with Crippen LogP contribution in [0.3, 0.4) is 0 Å². The molecule has 0 saturated heterocycles. The van der Waals surface area contributed by atoms with Gasteiger partial charge in [0.15, 0.2) is 0 Å². The maximum absolute atomic E-state index is 13.1. The van der Waals surface area contributed by atoms with Crippen molar-refractivity contribution in [1.29, 1.82) is 0 Å². The summed E-state index contributed by atoms with van der Waals surface area (Å²) >= 11 is 0. The molecule has 4 nitrogen and oxygen atoms in total. The first-order chi connectivity index (χ1) is 8.58. The van der Waals surface area contributed by atoms with Crippen molar-refractivity contribution in [2.75, 3.05) is 25.9 Å². The van der Waals surface area contributed by atoms with E-state index in [-0.39, 0.29) is 0 Å². The SMILES string of the molecule is CCCN(CCC)S(=O)(=NC)c1cccc(N)c1. The Bertz CT molecular complexity index is 487. The summed E-state index contributed by atoms with van der Waals surface area (Å²) in [6.45, 7) is 5.71. The van der Waals surface area contributed by atoms with E-state index in [4.69, 9.17) is 5.73 Å². The quantitative estimate of drug-likeness (QED) is 0.807. The molecule has 0 aliphatic rings. The van der Waals surface area contributed by atoms with Gasteiger partial charge < -0.3 is 5.73 Å². The van der Waals surface area contributed by atoms with Crippen molar-refractivity contribution in [2.45, 2.75) is 31.6 Å². The first-order valence-electron chi connectivity index (χ1n) is 6.34. The van der Waals surface area contributed by atoms with Crippen LogP contribution in [0, 0.1) is 0 Å². The number of nitrogen functional groups attached to an aromatic ring is 1. The molecule has 0 amide bonds. The van der Waals surface area contributed by atoms with Crippen LogP contribution in [0.25, 0.3) is 0 Å². The molecule has 0 saturated carbocycles. The summed E-state index contributed by atoms with van der Waals surface area (Å²) < 4.78 is 19.2. The van der Waals surface area contributed by atoms with Crippen LogP contribution in [0.5, 0.6) is 0 Å². The highest BCUT2D eigenvalue weighted by Gasteiger charge is 2.20. The van der Waals surface area contributed by atoms with Crippen LogP contribution in [0.4, 0.5) is 5.69 Å². The lowest BCUT2D eigenvalue weighted by molar-refractivity contribution is 0.436. The number of anilines is 1. The number of nitrogens with two attached hydrogens (primary N) is 1. The normalized spacial score (nSPS) is 14.4. The number of hydrogen-bond donors (Lipinski definition) is 1. The Morgan fingerprint density at radius 3 is 2.33 bits per heavy atom. The Morgan fingerprint density at radius 2 is 1.89 bits per heavy atom. The topological polar surface area (TPSA) is 58.7 Å². The Hall–Kier alpha value is -1.07. The first kappa shape index (κ1) is 15.0. The maximum Gasteiger partial charge on any atom is 0.139 e. The van der Waals surface area contributed by atoms with Gasteiger partial charge in [-0.3, -0.25) is 0 Å². The summed E-state index contributed by atoms with van der Waals surface area (Å²) in [5, 5.41) is 0. The summed E-state index contributed by atoms with van der Waals surface area (Å²) in [6.07, 6.45) is 1.91. The van der Waals surface area contributed by atoms with Crippen LogP contribution in [-0.2, 0) is 9.92 Å². The summed E-state index contributed by atoms with van der Waals surface area (Å²) in [4.78, 5) is 0.701. The highest BCUT2D eigenvalue weighted by atomic mass is 32.2. The summed E-state index contributed by atoms with van der Waals surface area (Å²) in [5.41, 5.74) is 6.39. The van der Waals surface area contributed by atoms with Gasteiger partial charge in [0.1, 0.15) is 9.92 Å². The second kappa shape index (κ2) is 6.75. The molecule has 0 fully saturated rings. The second-order valence-corrected chi connectivity index (χ2v) is 6.53. The monoisotopic (exact) mass is 269 g/mol. The van der Waals surface area contributed by atoms with Crippen molar-refractivity contribution in [3.05, 3.63) is 24.3 Å². The van der Waals surface area contributed by atoms with Gasteiger partial charge in [-0.2, -0.15) is 0 Å². The first-order valence-corrected chi connectivity index (χ1v) is 7.81. The molecule has 0 aliphatic carbocycles. The minimum absolute atomic E-state index is 0.622. The minimum atomic E-state index is -2.51. The van der Waals surface area contributed by atoms with Crippen LogP contribution in [-0.4, -0.2) is 28.7 Å². The van der Waals surface area contributed by atoms with Crippen molar-refractivity contribution in [3.8, 4) is 0 Å². The van der Waals surface area contributed by atoms with Gasteiger partial charge in [0.05, 0.1) is 4.90 Å². The van der Waals surface area contributed by atoms with Crippen molar-refractivity contribution in [3.63, 3.8) is 0 Å². The van der Waals surface area contributed by atoms with E-state index >= 15 is 0 Å². The van der Waals surface area contributed by atoms with E-state index in [1.54, 1.807) is 19.2 Å². The molecule has 1 aromatic rings. The molecule has 2 N–H and O–H groups in total. The van der Waals surface area contributed by atoms with E-state index in [2.05, 4.69) is 18.2 Å². The minimum Gasteiger partial charge on any atom is -0.399 e. The largest absolute Gasteiger partial charge is 0.399 e. The molecule has 0 aliphatic heterocycles. The van der Waals surface area contributed by atoms with Gasteiger partial charge in [-0.1, -0.05) is 19.9 Å². The number of benzene rings is 1. The molecule has 1 rings (SSSR count). The Labute approximate surface area is 110 Å². The van der Waals surface area contributed by atoms with Gasteiger partial charge in [0, 0.05) is 25.8 Å². The number of hydrogen-bond acceptors (Lipinski definition) is 3. The highest BCUT2D eigenvalue weighted by molar-refractivity contribution is 7.91. The molecule has 1 atom stereocenters. The van der Waals surface area contributed by atoms with Crippen LogP contribution in [0.2, 0.25) is 0 Å². The molecule has 0 bridgehead atoms. The van der Waals surface area contributed by atoms with E-state index in [0.717, 1.165) is 25.9 Å². The summed E-state index contributed by atoms with van der Waals surface area (Å²) in [7, 11) is -0.900. The molecule has 1 aromatic carbocycles. The lowest BCUT2D eigenvalue weighted by atomic mass is 10.3. The van der Waals surface area contributed by atoms with E-state index in [0.29, 0.717) is 10.6 Å². The zero-order valence-corrected chi connectivity index (χ0v) is 12.2. The molecule has 1 unspecified atom stereocenters. The fraction of sp³-hybridized carbons (Fsp3) is 0.538. The van der Waals surface area contributed by atoms with Crippen molar-refractivity contribution < 1.29 is 4.21 Å². The summed E-state index contributed by atoms with van der Waals surface area (Å²) in [5.74, 6) is 0. The third kappa shape index (κ3) is 3.23. The fourth-order valence-electron chi connectivity index (χ4n) is 1.91. The van der Waals surface area contributed by atoms with Crippen molar-refractivity contribution in [2.24, 2.45) is 4.36 Å². The highest BCUT2D eigenvalue weighted by Crippen LogP contribution is 2.21. The Morgan fingerprint density at radius 1 is 1.28 bits per heavy atom. The smallest absolute Gasteiger partial charge is 0.139 e. The second-order valence-electron chi connectivity index (χ2n) is 4.18. The van der Waals surface area contributed by atoms with Gasteiger partial charge in [-0.05, 0) is 31.0 Å². The number of rotatable bonds is 6. The number of nitrogens with zero attached hydrogens (tertiary/aromatic N) is 2. The molecule has 18 heavy (non-hydrogen) atoms. The van der Waals surface area contributed by atoms with Crippen LogP contribution >= 0.6 is 0 Å². The molecule has 0 spiro atoms. The zero-order valence-electron chi connectivity index (χ0n) is 11.4. The van der Waals surface area contributed by atoms with Gasteiger partial charge in [0.25, 0.3) is 0 Å². The van der Waals surface area contributed by atoms with Gasteiger partial charge in [0.2, 0.25) is 0 Å². The van der Waals surface area contributed by atoms with Gasteiger partial charge >= 0.3 is 0 Å². The molecule has 0 heterocycles. The lowest BCUT2D eigenvalue weighted by Gasteiger charge is -2.25. The van der Waals surface area contributed by atoms with Crippen molar-refractivity contribution >= 4 is 15.6 Å². The lowest BCUT2D eigenvalue weighted by Crippen LogP contribution is -2.32. The molecule has 0 radical (unpaired) electrons. The van der Waals surface area contributed by atoms with E-state index in [1.165, 1.54) is 0 Å². The fourth-order valence-corrected chi connectivity index (χ4v) is 4.05. The Kier molecular flexibility index (Phi) is 5.62. The molecule has 102 valence electrons.